The van der Waals surface area contributed by atoms with Gasteiger partial charge in [0, 0.05) is 38.6 Å². The summed E-state index contributed by atoms with van der Waals surface area (Å²) in [5.74, 6) is 1.47. The summed E-state index contributed by atoms with van der Waals surface area (Å²) in [4.78, 5) is 16.8. The number of carbonyl (C=O) groups is 1. The van der Waals surface area contributed by atoms with Crippen LogP contribution < -0.4 is 4.74 Å². The highest BCUT2D eigenvalue weighted by Gasteiger charge is 2.25. The average Bonchev–Trinajstić information content (AvgIpc) is 2.58. The maximum absolute atomic E-state index is 12.4. The van der Waals surface area contributed by atoms with Crippen molar-refractivity contribution in [1.82, 2.24) is 9.80 Å². The van der Waals surface area contributed by atoms with Gasteiger partial charge in [0.15, 0.2) is 0 Å². The third kappa shape index (κ3) is 5.24. The van der Waals surface area contributed by atoms with Crippen LogP contribution in [-0.2, 0) is 4.79 Å². The van der Waals surface area contributed by atoms with Gasteiger partial charge in [-0.15, -0.1) is 0 Å². The second-order valence-electron chi connectivity index (χ2n) is 6.34. The minimum Gasteiger partial charge on any atom is -0.492 e. The molecule has 1 amide bonds. The van der Waals surface area contributed by atoms with Gasteiger partial charge in [-0.25, -0.2) is 0 Å². The minimum absolute atomic E-state index is 0.200. The lowest BCUT2D eigenvalue weighted by molar-refractivity contribution is -0.137. The summed E-state index contributed by atoms with van der Waals surface area (Å²) in [5, 5.41) is 0. The van der Waals surface area contributed by atoms with Crippen molar-refractivity contribution in [3.8, 4) is 5.75 Å². The number of hydrogen-bond acceptors (Lipinski definition) is 3. The SMILES string of the molecule is CCC(CC)C(=O)N1CCN(CCOc2ccc(C)cc2)CC1. The number of aryl methyl sites for hydroxylation is 1. The van der Waals surface area contributed by atoms with Gasteiger partial charge in [0.05, 0.1) is 0 Å². The van der Waals surface area contributed by atoms with E-state index in [1.54, 1.807) is 0 Å². The number of piperazine rings is 1. The number of benzene rings is 1. The summed E-state index contributed by atoms with van der Waals surface area (Å²) in [6.07, 6.45) is 1.89. The highest BCUT2D eigenvalue weighted by Crippen LogP contribution is 2.14. The summed E-state index contributed by atoms with van der Waals surface area (Å²) in [6, 6.07) is 8.17. The summed E-state index contributed by atoms with van der Waals surface area (Å²) < 4.78 is 5.79. The summed E-state index contributed by atoms with van der Waals surface area (Å²) in [6.45, 7) is 11.5. The highest BCUT2D eigenvalue weighted by atomic mass is 16.5. The van der Waals surface area contributed by atoms with E-state index in [9.17, 15) is 4.79 Å². The van der Waals surface area contributed by atoms with Crippen LogP contribution in [0.25, 0.3) is 0 Å². The van der Waals surface area contributed by atoms with E-state index in [2.05, 4.69) is 37.8 Å². The van der Waals surface area contributed by atoms with Crippen LogP contribution in [0, 0.1) is 12.8 Å². The summed E-state index contributed by atoms with van der Waals surface area (Å²) in [7, 11) is 0. The molecule has 0 bridgehead atoms. The molecule has 2 rings (SSSR count). The monoisotopic (exact) mass is 318 g/mol. The van der Waals surface area contributed by atoms with Gasteiger partial charge in [0.1, 0.15) is 12.4 Å². The van der Waals surface area contributed by atoms with Gasteiger partial charge in [-0.1, -0.05) is 31.5 Å². The molecule has 0 unspecified atom stereocenters. The number of amides is 1. The second kappa shape index (κ2) is 8.92. The van der Waals surface area contributed by atoms with Crippen molar-refractivity contribution in [1.29, 1.82) is 0 Å². The fourth-order valence-corrected chi connectivity index (χ4v) is 3.02. The Balaban J connectivity index is 1.68. The Labute approximate surface area is 140 Å². The predicted octanol–water partition coefficient (Wildman–Crippen LogP) is 2.95. The molecule has 4 heteroatoms. The molecule has 0 aromatic heterocycles. The van der Waals surface area contributed by atoms with Crippen LogP contribution in [0.5, 0.6) is 5.75 Å². The molecule has 0 N–H and O–H groups in total. The highest BCUT2D eigenvalue weighted by molar-refractivity contribution is 5.78. The lowest BCUT2D eigenvalue weighted by Crippen LogP contribution is -2.51. The van der Waals surface area contributed by atoms with Crippen LogP contribution in [0.15, 0.2) is 24.3 Å². The lowest BCUT2D eigenvalue weighted by atomic mass is 10.0. The van der Waals surface area contributed by atoms with Crippen LogP contribution in [0.3, 0.4) is 0 Å². The van der Waals surface area contributed by atoms with Crippen molar-refractivity contribution < 1.29 is 9.53 Å². The first-order chi connectivity index (χ1) is 11.1. The van der Waals surface area contributed by atoms with Crippen molar-refractivity contribution >= 4 is 5.91 Å². The van der Waals surface area contributed by atoms with Gasteiger partial charge in [-0.05, 0) is 31.9 Å². The van der Waals surface area contributed by atoms with E-state index in [0.29, 0.717) is 12.5 Å². The Morgan fingerprint density at radius 3 is 2.26 bits per heavy atom. The standard InChI is InChI=1S/C19H30N2O2/c1-4-17(5-2)19(22)21-12-10-20(11-13-21)14-15-23-18-8-6-16(3)7-9-18/h6-9,17H,4-5,10-15H2,1-3H3. The van der Waals surface area contributed by atoms with Gasteiger partial charge >= 0.3 is 0 Å². The molecule has 1 aliphatic rings. The number of ether oxygens (including phenoxy) is 1. The Morgan fingerprint density at radius 1 is 1.09 bits per heavy atom. The van der Waals surface area contributed by atoms with Crippen LogP contribution >= 0.6 is 0 Å². The molecule has 1 saturated heterocycles. The van der Waals surface area contributed by atoms with E-state index in [1.807, 2.05) is 17.0 Å². The van der Waals surface area contributed by atoms with Crippen LogP contribution in [0.1, 0.15) is 32.3 Å². The molecule has 0 spiro atoms. The van der Waals surface area contributed by atoms with Gasteiger partial charge in [0.25, 0.3) is 0 Å². The molecular weight excluding hydrogens is 288 g/mol. The number of carbonyl (C=O) groups excluding carboxylic acids is 1. The zero-order valence-electron chi connectivity index (χ0n) is 14.8. The maximum Gasteiger partial charge on any atom is 0.225 e. The normalized spacial score (nSPS) is 15.9. The van der Waals surface area contributed by atoms with Gasteiger partial charge < -0.3 is 9.64 Å². The Morgan fingerprint density at radius 2 is 1.70 bits per heavy atom. The van der Waals surface area contributed by atoms with E-state index < -0.39 is 0 Å². The van der Waals surface area contributed by atoms with Crippen molar-refractivity contribution in [3.05, 3.63) is 29.8 Å². The molecule has 23 heavy (non-hydrogen) atoms. The second-order valence-corrected chi connectivity index (χ2v) is 6.34. The smallest absolute Gasteiger partial charge is 0.225 e. The molecular formula is C19H30N2O2. The van der Waals surface area contributed by atoms with Crippen LogP contribution in [0.2, 0.25) is 0 Å². The first-order valence-corrected chi connectivity index (χ1v) is 8.84. The average molecular weight is 318 g/mol. The van der Waals surface area contributed by atoms with Gasteiger partial charge in [-0.2, -0.15) is 0 Å². The number of rotatable bonds is 7. The van der Waals surface area contributed by atoms with E-state index in [0.717, 1.165) is 51.3 Å². The molecule has 1 aliphatic heterocycles. The van der Waals surface area contributed by atoms with Crippen molar-refractivity contribution in [2.24, 2.45) is 5.92 Å². The van der Waals surface area contributed by atoms with E-state index >= 15 is 0 Å². The number of nitrogens with zero attached hydrogens (tertiary/aromatic N) is 2. The third-order valence-electron chi connectivity index (χ3n) is 4.72. The quantitative estimate of drug-likeness (QED) is 0.775. The molecule has 0 atom stereocenters. The van der Waals surface area contributed by atoms with Gasteiger partial charge in [0.2, 0.25) is 5.91 Å². The van der Waals surface area contributed by atoms with E-state index in [4.69, 9.17) is 4.74 Å². The Kier molecular flexibility index (Phi) is 6.90. The zero-order chi connectivity index (χ0) is 16.7. The molecule has 4 nitrogen and oxygen atoms in total. The fourth-order valence-electron chi connectivity index (χ4n) is 3.02. The molecule has 0 radical (unpaired) electrons. The molecule has 1 aromatic carbocycles. The lowest BCUT2D eigenvalue weighted by Gasteiger charge is -2.36. The first kappa shape index (κ1) is 17.8. The topological polar surface area (TPSA) is 32.8 Å². The molecule has 0 aliphatic carbocycles. The van der Waals surface area contributed by atoms with Crippen molar-refractivity contribution in [2.75, 3.05) is 39.3 Å². The van der Waals surface area contributed by atoms with Gasteiger partial charge in [-0.3, -0.25) is 9.69 Å². The first-order valence-electron chi connectivity index (χ1n) is 8.84. The minimum atomic E-state index is 0.200. The van der Waals surface area contributed by atoms with Crippen LogP contribution in [0.4, 0.5) is 0 Å². The largest absolute Gasteiger partial charge is 0.492 e. The van der Waals surface area contributed by atoms with Crippen molar-refractivity contribution in [2.45, 2.75) is 33.6 Å². The molecule has 128 valence electrons. The maximum atomic E-state index is 12.4. The summed E-state index contributed by atoms with van der Waals surface area (Å²) in [5.41, 5.74) is 1.25. The number of hydrogen-bond donors (Lipinski definition) is 0. The summed E-state index contributed by atoms with van der Waals surface area (Å²) >= 11 is 0. The van der Waals surface area contributed by atoms with E-state index in [1.165, 1.54) is 5.56 Å². The predicted molar refractivity (Wildman–Crippen MR) is 93.8 cm³/mol. The fraction of sp³-hybridized carbons (Fsp3) is 0.632. The Hall–Kier alpha value is -1.55. The Bertz CT molecular complexity index is 475. The zero-order valence-corrected chi connectivity index (χ0v) is 14.8. The molecule has 1 fully saturated rings. The van der Waals surface area contributed by atoms with E-state index in [-0.39, 0.29) is 5.92 Å². The molecule has 1 aromatic rings. The molecule has 1 heterocycles. The van der Waals surface area contributed by atoms with Crippen molar-refractivity contribution in [3.63, 3.8) is 0 Å². The third-order valence-corrected chi connectivity index (χ3v) is 4.72. The molecule has 0 saturated carbocycles. The van der Waals surface area contributed by atoms with Crippen LogP contribution in [-0.4, -0.2) is 55.0 Å².